The first-order valence-corrected chi connectivity index (χ1v) is 11.1. The van der Waals surface area contributed by atoms with E-state index >= 15 is 0 Å². The van der Waals surface area contributed by atoms with Crippen molar-refractivity contribution in [2.75, 3.05) is 23.7 Å². The number of amides is 1. The van der Waals surface area contributed by atoms with Crippen LogP contribution in [0.2, 0.25) is 0 Å². The molecule has 0 radical (unpaired) electrons. The summed E-state index contributed by atoms with van der Waals surface area (Å²) >= 11 is 0. The van der Waals surface area contributed by atoms with Gasteiger partial charge in [-0.2, -0.15) is 0 Å². The lowest BCUT2D eigenvalue weighted by Crippen LogP contribution is -2.33. The minimum Gasteiger partial charge on any atom is -0.497 e. The van der Waals surface area contributed by atoms with Gasteiger partial charge in [-0.15, -0.1) is 0 Å². The molecular formula is C21H24N2O4S. The summed E-state index contributed by atoms with van der Waals surface area (Å²) in [5, 5.41) is 0. The van der Waals surface area contributed by atoms with Gasteiger partial charge in [0.2, 0.25) is 10.0 Å². The van der Waals surface area contributed by atoms with Gasteiger partial charge in [-0.25, -0.2) is 8.42 Å². The van der Waals surface area contributed by atoms with Gasteiger partial charge in [0, 0.05) is 24.7 Å². The molecule has 1 heterocycles. The maximum absolute atomic E-state index is 13.2. The topological polar surface area (TPSA) is 66.9 Å². The van der Waals surface area contributed by atoms with Crippen molar-refractivity contribution in [3.8, 4) is 5.75 Å². The smallest absolute Gasteiger partial charge is 0.254 e. The van der Waals surface area contributed by atoms with E-state index in [1.807, 2.05) is 29.2 Å². The van der Waals surface area contributed by atoms with Gasteiger partial charge in [0.05, 0.1) is 18.6 Å². The third kappa shape index (κ3) is 3.85. The molecule has 2 aromatic rings. The third-order valence-corrected chi connectivity index (χ3v) is 7.11. The van der Waals surface area contributed by atoms with Crippen LogP contribution < -0.4 is 9.04 Å². The predicted octanol–water partition coefficient (Wildman–Crippen LogP) is 3.04. The molecule has 1 aliphatic carbocycles. The molecular weight excluding hydrogens is 376 g/mol. The summed E-state index contributed by atoms with van der Waals surface area (Å²) in [6, 6.07) is 14.9. The SMILES string of the molecule is COc1ccc(CN(C(=O)c2cccc(N3CCCS3(=O)=O)c2)C2CC2)cc1. The Bertz CT molecular complexity index is 968. The van der Waals surface area contributed by atoms with Crippen molar-refractivity contribution in [3.05, 3.63) is 59.7 Å². The van der Waals surface area contributed by atoms with Gasteiger partial charge in [0.25, 0.3) is 5.91 Å². The van der Waals surface area contributed by atoms with Crippen LogP contribution in [-0.2, 0) is 16.6 Å². The Morgan fingerprint density at radius 1 is 1.18 bits per heavy atom. The first-order valence-electron chi connectivity index (χ1n) is 9.52. The number of anilines is 1. The third-order valence-electron chi connectivity index (χ3n) is 5.24. The highest BCUT2D eigenvalue weighted by Gasteiger charge is 2.34. The zero-order chi connectivity index (χ0) is 19.7. The lowest BCUT2D eigenvalue weighted by Gasteiger charge is -2.24. The van der Waals surface area contributed by atoms with Crippen LogP contribution in [0.1, 0.15) is 35.2 Å². The summed E-state index contributed by atoms with van der Waals surface area (Å²) in [7, 11) is -1.64. The van der Waals surface area contributed by atoms with Gasteiger partial charge < -0.3 is 9.64 Å². The number of sulfonamides is 1. The lowest BCUT2D eigenvalue weighted by molar-refractivity contribution is 0.0730. The Balaban J connectivity index is 1.56. The van der Waals surface area contributed by atoms with Gasteiger partial charge in [0.15, 0.2) is 0 Å². The number of methoxy groups -OCH3 is 1. The maximum Gasteiger partial charge on any atom is 0.254 e. The highest BCUT2D eigenvalue weighted by atomic mass is 32.2. The Hall–Kier alpha value is -2.54. The van der Waals surface area contributed by atoms with E-state index in [0.717, 1.165) is 24.2 Å². The maximum atomic E-state index is 13.2. The molecule has 6 nitrogen and oxygen atoms in total. The monoisotopic (exact) mass is 400 g/mol. The first-order chi connectivity index (χ1) is 13.5. The van der Waals surface area contributed by atoms with Gasteiger partial charge in [-0.1, -0.05) is 18.2 Å². The number of hydrogen-bond acceptors (Lipinski definition) is 4. The van der Waals surface area contributed by atoms with Crippen LogP contribution >= 0.6 is 0 Å². The van der Waals surface area contributed by atoms with Crippen molar-refractivity contribution in [1.82, 2.24) is 4.90 Å². The Labute approximate surface area is 165 Å². The minimum absolute atomic E-state index is 0.0586. The number of benzene rings is 2. The summed E-state index contributed by atoms with van der Waals surface area (Å²) in [4.78, 5) is 15.1. The van der Waals surface area contributed by atoms with Crippen molar-refractivity contribution >= 4 is 21.6 Å². The van der Waals surface area contributed by atoms with Crippen LogP contribution in [0.25, 0.3) is 0 Å². The molecule has 0 bridgehead atoms. The molecule has 0 unspecified atom stereocenters. The second-order valence-corrected chi connectivity index (χ2v) is 9.32. The predicted molar refractivity (Wildman–Crippen MR) is 108 cm³/mol. The fraction of sp³-hybridized carbons (Fsp3) is 0.381. The second-order valence-electron chi connectivity index (χ2n) is 7.30. The number of nitrogens with zero attached hydrogens (tertiary/aromatic N) is 2. The minimum atomic E-state index is -3.27. The average Bonchev–Trinajstić information content (AvgIpc) is 3.48. The van der Waals surface area contributed by atoms with Crippen LogP contribution in [0.15, 0.2) is 48.5 Å². The molecule has 1 saturated carbocycles. The Morgan fingerprint density at radius 2 is 1.93 bits per heavy atom. The van der Waals surface area contributed by atoms with E-state index in [1.54, 1.807) is 31.4 Å². The molecule has 0 aromatic heterocycles. The first kappa shape index (κ1) is 18.8. The van der Waals surface area contributed by atoms with Crippen LogP contribution in [0, 0.1) is 0 Å². The standard InChI is InChI=1S/C21H24N2O4S/c1-27-20-10-6-16(7-11-20)15-22(18-8-9-18)21(24)17-4-2-5-19(14-17)23-12-3-13-28(23,25)26/h2,4-7,10-11,14,18H,3,8-9,12-13,15H2,1H3. The molecule has 2 aromatic carbocycles. The highest BCUT2D eigenvalue weighted by molar-refractivity contribution is 7.93. The summed E-state index contributed by atoms with van der Waals surface area (Å²) in [5.41, 5.74) is 2.14. The normalized spacial score (nSPS) is 18.1. The van der Waals surface area contributed by atoms with Gasteiger partial charge >= 0.3 is 0 Å². The molecule has 2 fully saturated rings. The van der Waals surface area contributed by atoms with E-state index < -0.39 is 10.0 Å². The number of rotatable bonds is 6. The molecule has 0 atom stereocenters. The highest BCUT2D eigenvalue weighted by Crippen LogP contribution is 2.31. The molecule has 2 aliphatic rings. The molecule has 148 valence electrons. The van der Waals surface area contributed by atoms with Crippen molar-refractivity contribution < 1.29 is 17.9 Å². The molecule has 4 rings (SSSR count). The van der Waals surface area contributed by atoms with Crippen LogP contribution in [0.4, 0.5) is 5.69 Å². The molecule has 1 aliphatic heterocycles. The lowest BCUT2D eigenvalue weighted by atomic mass is 10.1. The summed E-state index contributed by atoms with van der Waals surface area (Å²) < 4.78 is 31.0. The van der Waals surface area contributed by atoms with E-state index in [1.165, 1.54) is 4.31 Å². The quantitative estimate of drug-likeness (QED) is 0.748. The summed E-state index contributed by atoms with van der Waals surface area (Å²) in [5.74, 6) is 0.890. The fourth-order valence-corrected chi connectivity index (χ4v) is 5.13. The van der Waals surface area contributed by atoms with Crippen molar-refractivity contribution in [1.29, 1.82) is 0 Å². The molecule has 0 spiro atoms. The van der Waals surface area contributed by atoms with Crippen molar-refractivity contribution in [3.63, 3.8) is 0 Å². The number of hydrogen-bond donors (Lipinski definition) is 0. The van der Waals surface area contributed by atoms with Crippen molar-refractivity contribution in [2.45, 2.75) is 31.8 Å². The summed E-state index contributed by atoms with van der Waals surface area (Å²) in [6.07, 6.45) is 2.62. The molecule has 0 N–H and O–H groups in total. The van der Waals surface area contributed by atoms with Gasteiger partial charge in [0.1, 0.15) is 5.75 Å². The van der Waals surface area contributed by atoms with E-state index in [2.05, 4.69) is 0 Å². The van der Waals surface area contributed by atoms with Gasteiger partial charge in [-0.3, -0.25) is 9.10 Å². The Morgan fingerprint density at radius 3 is 2.54 bits per heavy atom. The van der Waals surface area contributed by atoms with Crippen LogP contribution in [0.3, 0.4) is 0 Å². The zero-order valence-electron chi connectivity index (χ0n) is 15.9. The van der Waals surface area contributed by atoms with E-state index in [4.69, 9.17) is 4.74 Å². The van der Waals surface area contributed by atoms with Crippen LogP contribution in [-0.4, -0.2) is 44.7 Å². The number of carbonyl (C=O) groups excluding carboxylic acids is 1. The summed E-state index contributed by atoms with van der Waals surface area (Å²) in [6.45, 7) is 0.998. The average molecular weight is 401 g/mol. The zero-order valence-corrected chi connectivity index (χ0v) is 16.7. The molecule has 28 heavy (non-hydrogen) atoms. The van der Waals surface area contributed by atoms with E-state index in [0.29, 0.717) is 30.8 Å². The molecule has 7 heteroatoms. The van der Waals surface area contributed by atoms with E-state index in [9.17, 15) is 13.2 Å². The van der Waals surface area contributed by atoms with Crippen LogP contribution in [0.5, 0.6) is 5.75 Å². The number of ether oxygens (including phenoxy) is 1. The fourth-order valence-electron chi connectivity index (χ4n) is 3.57. The molecule has 1 amide bonds. The number of carbonyl (C=O) groups is 1. The molecule has 1 saturated heterocycles. The largest absolute Gasteiger partial charge is 0.497 e. The second kappa shape index (κ2) is 7.47. The van der Waals surface area contributed by atoms with Gasteiger partial charge in [-0.05, 0) is 55.2 Å². The van der Waals surface area contributed by atoms with Crippen molar-refractivity contribution in [2.24, 2.45) is 0 Å². The van der Waals surface area contributed by atoms with E-state index in [-0.39, 0.29) is 17.7 Å². The Kier molecular flexibility index (Phi) is 5.02.